The summed E-state index contributed by atoms with van der Waals surface area (Å²) in [4.78, 5) is 15.4. The summed E-state index contributed by atoms with van der Waals surface area (Å²) in [6, 6.07) is 3.64. The Kier molecular flexibility index (Phi) is 9.53. The third-order valence-electron chi connectivity index (χ3n) is 4.83. The maximum absolute atomic E-state index is 13.5. The number of benzene rings is 1. The lowest BCUT2D eigenvalue weighted by molar-refractivity contribution is 0.0573. The Labute approximate surface area is 179 Å². The number of ether oxygens (including phenoxy) is 3. The molecule has 2 rings (SSSR count). The highest BCUT2D eigenvalue weighted by Crippen LogP contribution is 2.35. The number of halogens is 1. The molecule has 1 atom stereocenters. The van der Waals surface area contributed by atoms with E-state index in [-0.39, 0.29) is 24.1 Å². The number of hydrogen-bond acceptors (Lipinski definition) is 5. The van der Waals surface area contributed by atoms with E-state index in [2.05, 4.69) is 5.32 Å². The Morgan fingerprint density at radius 3 is 2.59 bits per heavy atom. The molecule has 1 N–H and O–H groups in total. The molecule has 1 aromatic rings. The van der Waals surface area contributed by atoms with Crippen molar-refractivity contribution in [1.29, 1.82) is 0 Å². The molecule has 1 aliphatic rings. The van der Waals surface area contributed by atoms with Crippen molar-refractivity contribution in [3.8, 4) is 11.5 Å². The number of rotatable bonds is 10. The van der Waals surface area contributed by atoms with E-state index in [4.69, 9.17) is 25.8 Å². The molecule has 6 nitrogen and oxygen atoms in total. The highest BCUT2D eigenvalue weighted by molar-refractivity contribution is 6.34. The zero-order valence-electron chi connectivity index (χ0n) is 18.3. The fraction of sp³-hybridized carbons (Fsp3) is 0.682. The third-order valence-corrected chi connectivity index (χ3v) is 5.14. The minimum Gasteiger partial charge on any atom is -0.490 e. The van der Waals surface area contributed by atoms with E-state index in [0.717, 1.165) is 32.4 Å². The summed E-state index contributed by atoms with van der Waals surface area (Å²) >= 11 is 6.53. The second-order valence-corrected chi connectivity index (χ2v) is 8.35. The molecule has 0 radical (unpaired) electrons. The first-order valence-corrected chi connectivity index (χ1v) is 10.9. The van der Waals surface area contributed by atoms with E-state index in [1.54, 1.807) is 19.2 Å². The standard InChI is InChI=1S/C22H35ClN2O4/c1-15(2)25(17-8-6-9-24-14-17)22(26)18-12-20(28-11-7-10-27-5)21(13-19(18)23)29-16(3)4/h12-13,15-17,24H,6-11,14H2,1-5H3. The summed E-state index contributed by atoms with van der Waals surface area (Å²) in [5.74, 6) is 1.01. The lowest BCUT2D eigenvalue weighted by Crippen LogP contribution is -2.51. The molecule has 0 bridgehead atoms. The summed E-state index contributed by atoms with van der Waals surface area (Å²) < 4.78 is 16.9. The van der Waals surface area contributed by atoms with E-state index >= 15 is 0 Å². The van der Waals surface area contributed by atoms with Gasteiger partial charge in [-0.2, -0.15) is 0 Å². The van der Waals surface area contributed by atoms with Gasteiger partial charge in [-0.05, 0) is 53.1 Å². The van der Waals surface area contributed by atoms with E-state index in [1.165, 1.54) is 0 Å². The number of methoxy groups -OCH3 is 1. The Morgan fingerprint density at radius 2 is 2.00 bits per heavy atom. The van der Waals surface area contributed by atoms with E-state index in [1.807, 2.05) is 32.6 Å². The Morgan fingerprint density at radius 1 is 1.24 bits per heavy atom. The van der Waals surface area contributed by atoms with Crippen LogP contribution in [0.4, 0.5) is 0 Å². The number of carbonyl (C=O) groups is 1. The topological polar surface area (TPSA) is 60.0 Å². The summed E-state index contributed by atoms with van der Waals surface area (Å²) in [5, 5.41) is 3.77. The van der Waals surface area contributed by atoms with Gasteiger partial charge in [0.15, 0.2) is 11.5 Å². The second kappa shape index (κ2) is 11.6. The van der Waals surface area contributed by atoms with Crippen molar-refractivity contribution in [2.24, 2.45) is 0 Å². The molecule has 1 heterocycles. The van der Waals surface area contributed by atoms with Gasteiger partial charge in [-0.1, -0.05) is 11.6 Å². The Balaban J connectivity index is 2.31. The number of nitrogens with zero attached hydrogens (tertiary/aromatic N) is 1. The van der Waals surface area contributed by atoms with Crippen LogP contribution < -0.4 is 14.8 Å². The highest BCUT2D eigenvalue weighted by Gasteiger charge is 2.30. The molecule has 164 valence electrons. The fourth-order valence-corrected chi connectivity index (χ4v) is 3.81. The van der Waals surface area contributed by atoms with E-state index < -0.39 is 0 Å². The molecule has 7 heteroatoms. The molecule has 1 fully saturated rings. The molecule has 1 saturated heterocycles. The van der Waals surface area contributed by atoms with E-state index in [0.29, 0.717) is 35.3 Å². The first-order chi connectivity index (χ1) is 13.8. The number of nitrogens with one attached hydrogen (secondary N) is 1. The number of piperidine rings is 1. The van der Waals surface area contributed by atoms with Crippen LogP contribution in [-0.4, -0.2) is 62.4 Å². The average molecular weight is 427 g/mol. The lowest BCUT2D eigenvalue weighted by Gasteiger charge is -2.38. The van der Waals surface area contributed by atoms with Crippen LogP contribution >= 0.6 is 11.6 Å². The van der Waals surface area contributed by atoms with Crippen molar-refractivity contribution >= 4 is 17.5 Å². The van der Waals surface area contributed by atoms with Gasteiger partial charge in [-0.15, -0.1) is 0 Å². The monoisotopic (exact) mass is 426 g/mol. The van der Waals surface area contributed by atoms with Gasteiger partial charge in [0, 0.05) is 44.8 Å². The van der Waals surface area contributed by atoms with Crippen molar-refractivity contribution in [1.82, 2.24) is 10.2 Å². The van der Waals surface area contributed by atoms with Gasteiger partial charge in [-0.25, -0.2) is 0 Å². The van der Waals surface area contributed by atoms with Gasteiger partial charge < -0.3 is 24.4 Å². The van der Waals surface area contributed by atoms with Gasteiger partial charge in [-0.3, -0.25) is 4.79 Å². The van der Waals surface area contributed by atoms with Gasteiger partial charge in [0.05, 0.1) is 23.3 Å². The first-order valence-electron chi connectivity index (χ1n) is 10.5. The van der Waals surface area contributed by atoms with Crippen LogP contribution in [0.3, 0.4) is 0 Å². The zero-order valence-corrected chi connectivity index (χ0v) is 19.1. The van der Waals surface area contributed by atoms with Crippen LogP contribution in [0.15, 0.2) is 12.1 Å². The number of carbonyl (C=O) groups excluding carboxylic acids is 1. The van der Waals surface area contributed by atoms with Crippen LogP contribution in [0.2, 0.25) is 5.02 Å². The molecular formula is C22H35ClN2O4. The van der Waals surface area contributed by atoms with Crippen LogP contribution in [0, 0.1) is 0 Å². The van der Waals surface area contributed by atoms with Gasteiger partial charge >= 0.3 is 0 Å². The number of amides is 1. The molecule has 29 heavy (non-hydrogen) atoms. The minimum absolute atomic E-state index is 0.0329. The molecule has 1 amide bonds. The van der Waals surface area contributed by atoms with Crippen LogP contribution in [0.25, 0.3) is 0 Å². The van der Waals surface area contributed by atoms with Gasteiger partial charge in [0.25, 0.3) is 5.91 Å². The lowest BCUT2D eigenvalue weighted by atomic mass is 10.0. The van der Waals surface area contributed by atoms with Crippen molar-refractivity contribution in [3.63, 3.8) is 0 Å². The zero-order chi connectivity index (χ0) is 21.4. The van der Waals surface area contributed by atoms with Crippen molar-refractivity contribution < 1.29 is 19.0 Å². The minimum atomic E-state index is -0.0726. The molecule has 1 aliphatic heterocycles. The normalized spacial score (nSPS) is 16.9. The molecular weight excluding hydrogens is 392 g/mol. The van der Waals surface area contributed by atoms with Crippen LogP contribution in [0.5, 0.6) is 11.5 Å². The molecule has 1 aromatic carbocycles. The van der Waals surface area contributed by atoms with Gasteiger partial charge in [0.1, 0.15) is 0 Å². The fourth-order valence-electron chi connectivity index (χ4n) is 3.58. The maximum Gasteiger partial charge on any atom is 0.256 e. The predicted octanol–water partition coefficient (Wildman–Crippen LogP) is 4.15. The molecule has 0 spiro atoms. The van der Waals surface area contributed by atoms with Crippen molar-refractivity contribution in [2.45, 2.75) is 65.1 Å². The van der Waals surface area contributed by atoms with Crippen molar-refractivity contribution in [2.75, 3.05) is 33.4 Å². The Hall–Kier alpha value is -1.50. The largest absolute Gasteiger partial charge is 0.490 e. The maximum atomic E-state index is 13.5. The second-order valence-electron chi connectivity index (χ2n) is 7.95. The molecule has 1 unspecified atom stereocenters. The molecule has 0 aromatic heterocycles. The quantitative estimate of drug-likeness (QED) is 0.569. The van der Waals surface area contributed by atoms with Crippen molar-refractivity contribution in [3.05, 3.63) is 22.7 Å². The summed E-state index contributed by atoms with van der Waals surface area (Å²) in [5.41, 5.74) is 0.448. The average Bonchev–Trinajstić information content (AvgIpc) is 2.66. The summed E-state index contributed by atoms with van der Waals surface area (Å²) in [6.07, 6.45) is 2.76. The van der Waals surface area contributed by atoms with Crippen LogP contribution in [0.1, 0.15) is 57.3 Å². The number of hydrogen-bond donors (Lipinski definition) is 1. The molecule has 0 saturated carbocycles. The SMILES string of the molecule is COCCCOc1cc(C(=O)N(C(C)C)C2CCCNC2)c(Cl)cc1OC(C)C. The predicted molar refractivity (Wildman–Crippen MR) is 116 cm³/mol. The third kappa shape index (κ3) is 6.76. The smallest absolute Gasteiger partial charge is 0.256 e. The van der Waals surface area contributed by atoms with Crippen LogP contribution in [-0.2, 0) is 4.74 Å². The van der Waals surface area contributed by atoms with E-state index in [9.17, 15) is 4.79 Å². The highest BCUT2D eigenvalue weighted by atomic mass is 35.5. The molecule has 0 aliphatic carbocycles. The summed E-state index contributed by atoms with van der Waals surface area (Å²) in [7, 11) is 1.66. The Bertz CT molecular complexity index is 660. The first kappa shape index (κ1) is 23.8. The summed E-state index contributed by atoms with van der Waals surface area (Å²) in [6.45, 7) is 10.8. The van der Waals surface area contributed by atoms with Gasteiger partial charge in [0.2, 0.25) is 0 Å².